The van der Waals surface area contributed by atoms with Crippen LogP contribution >= 0.6 is 0 Å². The average molecular weight is 302 g/mol. The summed E-state index contributed by atoms with van der Waals surface area (Å²) in [5.41, 5.74) is 11.5. The Hall–Kier alpha value is -3.63. The number of hydrogen-bond acceptors (Lipinski definition) is 7. The molecule has 3 rings (SSSR count). The smallest absolute Gasteiger partial charge is 0.292 e. The second kappa shape index (κ2) is 4.73. The first-order valence-electron chi connectivity index (χ1n) is 5.93. The van der Waals surface area contributed by atoms with Crippen LogP contribution in [0.3, 0.4) is 0 Å². The van der Waals surface area contributed by atoms with E-state index >= 15 is 0 Å². The molecular formula is C11H10N8O3. The van der Waals surface area contributed by atoms with Crippen LogP contribution in [-0.4, -0.2) is 41.7 Å². The number of rotatable bonds is 2. The van der Waals surface area contributed by atoms with Gasteiger partial charge < -0.3 is 21.9 Å². The van der Waals surface area contributed by atoms with Crippen LogP contribution in [0.4, 0.5) is 0 Å². The van der Waals surface area contributed by atoms with Gasteiger partial charge in [0.25, 0.3) is 11.3 Å². The van der Waals surface area contributed by atoms with Gasteiger partial charge in [-0.2, -0.15) is 0 Å². The van der Waals surface area contributed by atoms with Crippen molar-refractivity contribution in [1.29, 1.82) is 0 Å². The van der Waals surface area contributed by atoms with Gasteiger partial charge in [-0.25, -0.2) is 14.5 Å². The molecule has 0 aliphatic carbocycles. The monoisotopic (exact) mass is 302 g/mol. The zero-order valence-corrected chi connectivity index (χ0v) is 10.9. The summed E-state index contributed by atoms with van der Waals surface area (Å²) in [6.07, 6.45) is 0. The molecule has 112 valence electrons. The maximum Gasteiger partial charge on any atom is 0.292 e. The van der Waals surface area contributed by atoms with Crippen molar-refractivity contribution >= 4 is 28.5 Å². The third kappa shape index (κ3) is 1.88. The maximum absolute atomic E-state index is 11.9. The van der Waals surface area contributed by atoms with Gasteiger partial charge in [-0.1, -0.05) is 10.3 Å². The normalized spacial score (nSPS) is 13.1. The van der Waals surface area contributed by atoms with E-state index in [4.69, 9.17) is 21.9 Å². The largest absolute Gasteiger partial charge is 0.409 e. The highest BCUT2D eigenvalue weighted by Gasteiger charge is 2.14. The van der Waals surface area contributed by atoms with E-state index in [1.165, 1.54) is 4.52 Å². The van der Waals surface area contributed by atoms with Crippen LogP contribution in [0.5, 0.6) is 0 Å². The number of H-pyrrole nitrogens is 1. The van der Waals surface area contributed by atoms with E-state index in [9.17, 15) is 4.79 Å². The Morgan fingerprint density at radius 3 is 2.59 bits per heavy atom. The fourth-order valence-electron chi connectivity index (χ4n) is 1.99. The first kappa shape index (κ1) is 13.4. The molecule has 0 amide bonds. The Bertz CT molecular complexity index is 1000. The van der Waals surface area contributed by atoms with E-state index in [2.05, 4.69) is 25.4 Å². The lowest BCUT2D eigenvalue weighted by atomic mass is 10.2. The van der Waals surface area contributed by atoms with Crippen LogP contribution in [-0.2, 0) is 0 Å². The van der Waals surface area contributed by atoms with Crippen molar-refractivity contribution in [3.63, 3.8) is 0 Å². The van der Waals surface area contributed by atoms with E-state index in [-0.39, 0.29) is 17.3 Å². The van der Waals surface area contributed by atoms with E-state index in [1.807, 2.05) is 0 Å². The summed E-state index contributed by atoms with van der Waals surface area (Å²) in [4.78, 5) is 20.1. The lowest BCUT2D eigenvalue weighted by Gasteiger charge is -2.00. The van der Waals surface area contributed by atoms with Gasteiger partial charge in [0.1, 0.15) is 0 Å². The number of aromatic nitrogens is 4. The molecule has 11 nitrogen and oxygen atoms in total. The maximum atomic E-state index is 11.9. The van der Waals surface area contributed by atoms with Crippen molar-refractivity contribution in [3.8, 4) is 0 Å². The fraction of sp³-hybridized carbons (Fsp3) is 0. The van der Waals surface area contributed by atoms with Gasteiger partial charge in [-0.05, 0) is 18.2 Å². The molecule has 0 unspecified atom stereocenters. The second-order valence-electron chi connectivity index (χ2n) is 4.32. The summed E-state index contributed by atoms with van der Waals surface area (Å²) in [5.74, 6) is -0.360. The molecule has 0 atom stereocenters. The van der Waals surface area contributed by atoms with E-state index in [0.717, 1.165) is 0 Å². The molecular weight excluding hydrogens is 292 g/mol. The molecule has 0 radical (unpaired) electrons. The summed E-state index contributed by atoms with van der Waals surface area (Å²) in [7, 11) is 0. The molecule has 2 heterocycles. The lowest BCUT2D eigenvalue weighted by Crippen LogP contribution is -2.28. The molecule has 0 aliphatic rings. The van der Waals surface area contributed by atoms with Crippen molar-refractivity contribution < 1.29 is 10.4 Å². The van der Waals surface area contributed by atoms with Crippen molar-refractivity contribution in [1.82, 2.24) is 19.6 Å². The molecule has 0 spiro atoms. The summed E-state index contributed by atoms with van der Waals surface area (Å²) < 4.78 is 1.32. The van der Waals surface area contributed by atoms with Crippen molar-refractivity contribution in [2.75, 3.05) is 0 Å². The highest BCUT2D eigenvalue weighted by molar-refractivity contribution is 6.00. The molecule has 2 aromatic heterocycles. The highest BCUT2D eigenvalue weighted by atomic mass is 16.4. The number of nitrogens with zero attached hydrogens (tertiary/aromatic N) is 5. The molecule has 0 fully saturated rings. The van der Waals surface area contributed by atoms with Crippen molar-refractivity contribution in [3.05, 3.63) is 39.8 Å². The van der Waals surface area contributed by atoms with E-state index in [0.29, 0.717) is 16.6 Å². The molecule has 0 saturated carbocycles. The van der Waals surface area contributed by atoms with Crippen LogP contribution in [0, 0.1) is 0 Å². The fourth-order valence-corrected chi connectivity index (χ4v) is 1.99. The first-order valence-corrected chi connectivity index (χ1v) is 5.93. The minimum Gasteiger partial charge on any atom is -0.409 e. The Morgan fingerprint density at radius 1 is 1.18 bits per heavy atom. The SMILES string of the molecule is N/C(=N\O)c1ccc2nc3nc(/C(N)=N/O)c(=O)[nH]n3c2c1. The molecule has 1 aromatic carbocycles. The van der Waals surface area contributed by atoms with Gasteiger partial charge in [0.05, 0.1) is 11.0 Å². The standard InChI is InChI=1S/C11H10N8O3/c12-8(17-21)4-1-2-5-6(3-4)19-11(14-5)15-7(9(13)18-22)10(20)16-19/h1-3,21-22H,(H2,12,17)(H2,13,18)(H,16,20). The minimum absolute atomic E-state index is 0.0829. The number of fused-ring (bicyclic) bond motifs is 3. The second-order valence-corrected chi connectivity index (χ2v) is 4.32. The quantitative estimate of drug-likeness (QED) is 0.170. The topological polar surface area (TPSA) is 180 Å². The predicted molar refractivity (Wildman–Crippen MR) is 76.1 cm³/mol. The molecule has 0 aliphatic heterocycles. The third-order valence-corrected chi connectivity index (χ3v) is 3.03. The van der Waals surface area contributed by atoms with Gasteiger partial charge in [-0.3, -0.25) is 9.89 Å². The molecule has 7 N–H and O–H groups in total. The Balaban J connectivity index is 2.34. The van der Waals surface area contributed by atoms with Crippen molar-refractivity contribution in [2.24, 2.45) is 21.8 Å². The molecule has 0 saturated heterocycles. The number of nitrogens with two attached hydrogens (primary N) is 2. The Kier molecular flexibility index (Phi) is 2.87. The number of benzene rings is 1. The Morgan fingerprint density at radius 2 is 1.91 bits per heavy atom. The average Bonchev–Trinajstić information content (AvgIpc) is 2.89. The van der Waals surface area contributed by atoms with Crippen molar-refractivity contribution in [2.45, 2.75) is 0 Å². The van der Waals surface area contributed by atoms with Crippen LogP contribution in [0.2, 0.25) is 0 Å². The predicted octanol–water partition coefficient (Wildman–Crippen LogP) is -1.24. The van der Waals surface area contributed by atoms with Crippen LogP contribution in [0.15, 0.2) is 33.3 Å². The number of aromatic amines is 1. The van der Waals surface area contributed by atoms with Crippen LogP contribution in [0.1, 0.15) is 11.3 Å². The summed E-state index contributed by atoms with van der Waals surface area (Å²) in [6.45, 7) is 0. The highest BCUT2D eigenvalue weighted by Crippen LogP contribution is 2.15. The Labute approximate surface area is 121 Å². The lowest BCUT2D eigenvalue weighted by molar-refractivity contribution is 0.318. The molecule has 22 heavy (non-hydrogen) atoms. The summed E-state index contributed by atoms with van der Waals surface area (Å²) in [5, 5.41) is 25.5. The molecule has 3 aromatic rings. The van der Waals surface area contributed by atoms with Gasteiger partial charge in [-0.15, -0.1) is 0 Å². The number of oxime groups is 2. The first-order chi connectivity index (χ1) is 10.5. The van der Waals surface area contributed by atoms with E-state index in [1.54, 1.807) is 18.2 Å². The number of imidazole rings is 1. The number of amidine groups is 2. The van der Waals surface area contributed by atoms with Crippen LogP contribution in [0.25, 0.3) is 16.8 Å². The van der Waals surface area contributed by atoms with Crippen LogP contribution < -0.4 is 17.0 Å². The van der Waals surface area contributed by atoms with Gasteiger partial charge in [0, 0.05) is 5.56 Å². The third-order valence-electron chi connectivity index (χ3n) is 3.03. The molecule has 11 heteroatoms. The van der Waals surface area contributed by atoms with Gasteiger partial charge in [0.2, 0.25) is 0 Å². The minimum atomic E-state index is -0.656. The van der Waals surface area contributed by atoms with Gasteiger partial charge in [0.15, 0.2) is 17.4 Å². The van der Waals surface area contributed by atoms with E-state index < -0.39 is 11.4 Å². The van der Waals surface area contributed by atoms with Gasteiger partial charge >= 0.3 is 0 Å². The number of nitrogens with one attached hydrogen (secondary N) is 1. The zero-order valence-electron chi connectivity index (χ0n) is 10.9. The molecule has 0 bridgehead atoms. The zero-order chi connectivity index (χ0) is 15.9. The summed E-state index contributed by atoms with van der Waals surface area (Å²) in [6, 6.07) is 4.80. The summed E-state index contributed by atoms with van der Waals surface area (Å²) >= 11 is 0. The number of hydrogen-bond donors (Lipinski definition) is 5.